The quantitative estimate of drug-likeness (QED) is 0.727. The highest BCUT2D eigenvalue weighted by Crippen LogP contribution is 2.24. The van der Waals surface area contributed by atoms with Crippen LogP contribution in [0, 0.1) is 0 Å². The molecule has 0 bridgehead atoms. The highest BCUT2D eigenvalue weighted by Gasteiger charge is 2.26. The Bertz CT molecular complexity index is 276. The number of alkyl halides is 1. The normalized spacial score (nSPS) is 29.3. The van der Waals surface area contributed by atoms with Gasteiger partial charge in [0.05, 0.1) is 0 Å². The van der Waals surface area contributed by atoms with E-state index in [9.17, 15) is 0 Å². The van der Waals surface area contributed by atoms with Gasteiger partial charge in [0.1, 0.15) is 0 Å². The summed E-state index contributed by atoms with van der Waals surface area (Å²) in [7, 11) is 0. The van der Waals surface area contributed by atoms with Gasteiger partial charge in [-0.15, -0.1) is 11.6 Å². The van der Waals surface area contributed by atoms with Gasteiger partial charge >= 0.3 is 0 Å². The SMILES string of the molecule is CC1C(Cl)CCCN1Cc1ccns1. The molecule has 2 rings (SSSR count). The molecule has 0 saturated carbocycles. The molecule has 0 spiro atoms. The van der Waals surface area contributed by atoms with Gasteiger partial charge in [0.15, 0.2) is 0 Å². The Morgan fingerprint density at radius 2 is 2.57 bits per heavy atom. The molecule has 0 aromatic carbocycles. The number of halogens is 1. The van der Waals surface area contributed by atoms with Crippen LogP contribution in [0.1, 0.15) is 24.6 Å². The third-order valence-electron chi connectivity index (χ3n) is 2.87. The first-order valence-corrected chi connectivity index (χ1v) is 6.26. The number of hydrogen-bond acceptors (Lipinski definition) is 3. The van der Waals surface area contributed by atoms with Crippen molar-refractivity contribution < 1.29 is 0 Å². The Labute approximate surface area is 94.0 Å². The average Bonchev–Trinajstić information content (AvgIpc) is 2.66. The topological polar surface area (TPSA) is 16.1 Å². The lowest BCUT2D eigenvalue weighted by Crippen LogP contribution is -2.43. The van der Waals surface area contributed by atoms with Crippen molar-refractivity contribution in [3.63, 3.8) is 0 Å². The van der Waals surface area contributed by atoms with Gasteiger partial charge in [-0.2, -0.15) is 0 Å². The number of hydrogen-bond donors (Lipinski definition) is 0. The van der Waals surface area contributed by atoms with Gasteiger partial charge in [0.25, 0.3) is 0 Å². The molecule has 1 aliphatic rings. The molecule has 1 aromatic heterocycles. The molecular weight excluding hydrogens is 216 g/mol. The highest BCUT2D eigenvalue weighted by atomic mass is 35.5. The molecule has 14 heavy (non-hydrogen) atoms. The molecule has 2 nitrogen and oxygen atoms in total. The van der Waals surface area contributed by atoms with Gasteiger partial charge in [-0.1, -0.05) is 0 Å². The van der Waals surface area contributed by atoms with Crippen molar-refractivity contribution in [2.24, 2.45) is 0 Å². The average molecular weight is 231 g/mol. The Balaban J connectivity index is 1.97. The summed E-state index contributed by atoms with van der Waals surface area (Å²) in [5, 5.41) is 0.316. The molecule has 2 heterocycles. The van der Waals surface area contributed by atoms with Crippen molar-refractivity contribution >= 4 is 23.1 Å². The monoisotopic (exact) mass is 230 g/mol. The predicted molar refractivity (Wildman–Crippen MR) is 60.9 cm³/mol. The van der Waals surface area contributed by atoms with E-state index >= 15 is 0 Å². The van der Waals surface area contributed by atoms with Crippen LogP contribution in [0.25, 0.3) is 0 Å². The summed E-state index contributed by atoms with van der Waals surface area (Å²) in [5.41, 5.74) is 0. The van der Waals surface area contributed by atoms with Crippen molar-refractivity contribution in [2.75, 3.05) is 6.54 Å². The first-order chi connectivity index (χ1) is 6.77. The number of likely N-dealkylation sites (tertiary alicyclic amines) is 1. The van der Waals surface area contributed by atoms with Gasteiger partial charge in [0.2, 0.25) is 0 Å². The van der Waals surface area contributed by atoms with Crippen molar-refractivity contribution in [3.8, 4) is 0 Å². The van der Waals surface area contributed by atoms with Gasteiger partial charge in [0, 0.05) is 29.0 Å². The highest BCUT2D eigenvalue weighted by molar-refractivity contribution is 7.05. The van der Waals surface area contributed by atoms with Crippen molar-refractivity contribution in [3.05, 3.63) is 17.1 Å². The second-order valence-corrected chi connectivity index (χ2v) is 5.33. The lowest BCUT2D eigenvalue weighted by atomic mass is 10.0. The van der Waals surface area contributed by atoms with E-state index in [2.05, 4.69) is 22.3 Å². The number of piperidine rings is 1. The third-order valence-corrected chi connectivity index (χ3v) is 4.18. The maximum absolute atomic E-state index is 6.25. The van der Waals surface area contributed by atoms with E-state index in [1.807, 2.05) is 6.20 Å². The molecule has 1 saturated heterocycles. The van der Waals surface area contributed by atoms with E-state index in [0.29, 0.717) is 11.4 Å². The molecule has 4 heteroatoms. The van der Waals surface area contributed by atoms with Crippen molar-refractivity contribution in [1.82, 2.24) is 9.27 Å². The maximum Gasteiger partial charge on any atom is 0.0489 e. The summed E-state index contributed by atoms with van der Waals surface area (Å²) in [6.45, 7) is 4.40. The molecule has 1 aliphatic heterocycles. The third kappa shape index (κ3) is 2.27. The smallest absolute Gasteiger partial charge is 0.0489 e. The minimum atomic E-state index is 0.316. The first kappa shape index (κ1) is 10.4. The van der Waals surface area contributed by atoms with E-state index in [1.165, 1.54) is 17.8 Å². The Kier molecular flexibility index (Phi) is 3.42. The largest absolute Gasteiger partial charge is 0.294 e. The molecule has 2 atom stereocenters. The lowest BCUT2D eigenvalue weighted by Gasteiger charge is -2.36. The van der Waals surface area contributed by atoms with Crippen LogP contribution in [0.15, 0.2) is 12.3 Å². The first-order valence-electron chi connectivity index (χ1n) is 5.05. The minimum Gasteiger partial charge on any atom is -0.294 e. The fourth-order valence-electron chi connectivity index (χ4n) is 1.91. The maximum atomic E-state index is 6.25. The van der Waals surface area contributed by atoms with Crippen LogP contribution in [-0.2, 0) is 6.54 Å². The van der Waals surface area contributed by atoms with E-state index in [0.717, 1.165) is 13.0 Å². The van der Waals surface area contributed by atoms with Crippen LogP contribution in [0.5, 0.6) is 0 Å². The Morgan fingerprint density at radius 3 is 3.29 bits per heavy atom. The van der Waals surface area contributed by atoms with Crippen LogP contribution >= 0.6 is 23.1 Å². The van der Waals surface area contributed by atoms with E-state index in [4.69, 9.17) is 11.6 Å². The lowest BCUT2D eigenvalue weighted by molar-refractivity contribution is 0.158. The summed E-state index contributed by atoms with van der Waals surface area (Å²) in [6.07, 6.45) is 4.24. The molecule has 0 radical (unpaired) electrons. The predicted octanol–water partition coefficient (Wildman–Crippen LogP) is 2.73. The van der Waals surface area contributed by atoms with Gasteiger partial charge < -0.3 is 0 Å². The fourth-order valence-corrected chi connectivity index (χ4v) is 2.83. The summed E-state index contributed by atoms with van der Waals surface area (Å²) in [5.74, 6) is 0. The molecule has 1 aromatic rings. The molecule has 0 amide bonds. The van der Waals surface area contributed by atoms with Crippen LogP contribution < -0.4 is 0 Å². The molecule has 2 unspecified atom stereocenters. The summed E-state index contributed by atoms with van der Waals surface area (Å²) in [6, 6.07) is 2.59. The van der Waals surface area contributed by atoms with E-state index in [-0.39, 0.29) is 0 Å². The summed E-state index contributed by atoms with van der Waals surface area (Å²) >= 11 is 7.83. The Hall–Kier alpha value is -0.120. The second kappa shape index (κ2) is 4.60. The zero-order valence-corrected chi connectivity index (χ0v) is 9.89. The minimum absolute atomic E-state index is 0.316. The van der Waals surface area contributed by atoms with Crippen LogP contribution in [-0.4, -0.2) is 27.2 Å². The molecule has 78 valence electrons. The number of aromatic nitrogens is 1. The zero-order valence-electron chi connectivity index (χ0n) is 8.32. The number of nitrogens with zero attached hydrogens (tertiary/aromatic N) is 2. The number of rotatable bonds is 2. The Morgan fingerprint density at radius 1 is 1.71 bits per heavy atom. The summed E-state index contributed by atoms with van der Waals surface area (Å²) in [4.78, 5) is 3.79. The van der Waals surface area contributed by atoms with Gasteiger partial charge in [-0.25, -0.2) is 4.37 Å². The molecule has 1 fully saturated rings. The zero-order chi connectivity index (χ0) is 9.97. The van der Waals surface area contributed by atoms with Crippen molar-refractivity contribution in [1.29, 1.82) is 0 Å². The van der Waals surface area contributed by atoms with Gasteiger partial charge in [-0.3, -0.25) is 4.90 Å². The molecule has 0 aliphatic carbocycles. The van der Waals surface area contributed by atoms with E-state index < -0.39 is 0 Å². The molecule has 0 N–H and O–H groups in total. The van der Waals surface area contributed by atoms with Crippen LogP contribution in [0.4, 0.5) is 0 Å². The molecular formula is C10H15ClN2S. The standard InChI is InChI=1S/C10H15ClN2S/c1-8-10(11)3-2-6-13(8)7-9-4-5-12-14-9/h4-5,8,10H,2-3,6-7H2,1H3. The van der Waals surface area contributed by atoms with Crippen molar-refractivity contribution in [2.45, 2.75) is 37.7 Å². The van der Waals surface area contributed by atoms with E-state index in [1.54, 1.807) is 11.5 Å². The van der Waals surface area contributed by atoms with Gasteiger partial charge in [-0.05, 0) is 43.9 Å². The summed E-state index contributed by atoms with van der Waals surface area (Å²) < 4.78 is 4.11. The second-order valence-electron chi connectivity index (χ2n) is 3.85. The fraction of sp³-hybridized carbons (Fsp3) is 0.700. The van der Waals surface area contributed by atoms with Crippen LogP contribution in [0.2, 0.25) is 0 Å². The van der Waals surface area contributed by atoms with Crippen LogP contribution in [0.3, 0.4) is 0 Å².